The van der Waals surface area contributed by atoms with Crippen LogP contribution in [0, 0.1) is 6.92 Å². The SMILES string of the molecule is Cc1ccc(Nc2ccc(Cc3cc(Nc4ccc(Cc5ccc(Nc6ccc(N)cc6)cc5)cc4)ccc3N)cc2)cc1. The summed E-state index contributed by atoms with van der Waals surface area (Å²) in [6.45, 7) is 2.09. The van der Waals surface area contributed by atoms with Crippen LogP contribution >= 0.6 is 0 Å². The van der Waals surface area contributed by atoms with Gasteiger partial charge in [0, 0.05) is 45.5 Å². The predicted octanol–water partition coefficient (Wildman–Crippen LogP) is 9.57. The second-order valence-corrected chi connectivity index (χ2v) is 11.2. The maximum atomic E-state index is 6.37. The van der Waals surface area contributed by atoms with Gasteiger partial charge >= 0.3 is 0 Å². The van der Waals surface area contributed by atoms with Crippen LogP contribution in [0.2, 0.25) is 0 Å². The van der Waals surface area contributed by atoms with Gasteiger partial charge < -0.3 is 27.4 Å². The molecule has 5 heteroatoms. The Morgan fingerprint density at radius 2 is 0.773 bits per heavy atom. The van der Waals surface area contributed by atoms with Crippen LogP contribution in [0.4, 0.5) is 45.5 Å². The number of rotatable bonds is 10. The van der Waals surface area contributed by atoms with Crippen molar-refractivity contribution >= 4 is 45.5 Å². The summed E-state index contributed by atoms with van der Waals surface area (Å²) in [6, 6.07) is 48.0. The van der Waals surface area contributed by atoms with E-state index in [0.717, 1.165) is 63.9 Å². The van der Waals surface area contributed by atoms with E-state index in [0.29, 0.717) is 0 Å². The molecule has 0 radical (unpaired) electrons. The summed E-state index contributed by atoms with van der Waals surface area (Å²) in [4.78, 5) is 0. The molecular formula is C39H37N5. The Bertz CT molecular complexity index is 1810. The Kier molecular flexibility index (Phi) is 8.46. The van der Waals surface area contributed by atoms with Gasteiger partial charge in [-0.2, -0.15) is 0 Å². The van der Waals surface area contributed by atoms with E-state index in [4.69, 9.17) is 11.5 Å². The number of aryl methyl sites for hydroxylation is 1. The molecule has 0 saturated carbocycles. The second-order valence-electron chi connectivity index (χ2n) is 11.2. The molecule has 6 aromatic carbocycles. The highest BCUT2D eigenvalue weighted by atomic mass is 14.9. The van der Waals surface area contributed by atoms with Gasteiger partial charge in [-0.1, -0.05) is 54.1 Å². The lowest BCUT2D eigenvalue weighted by molar-refractivity contribution is 1.19. The van der Waals surface area contributed by atoms with Crippen molar-refractivity contribution in [2.24, 2.45) is 0 Å². The highest BCUT2D eigenvalue weighted by Crippen LogP contribution is 2.26. The minimum atomic E-state index is 0.759. The Hall–Kier alpha value is -5.68. The molecule has 0 aromatic heterocycles. The summed E-state index contributed by atoms with van der Waals surface area (Å²) in [5, 5.41) is 10.4. The monoisotopic (exact) mass is 575 g/mol. The van der Waals surface area contributed by atoms with Crippen LogP contribution in [0.25, 0.3) is 0 Å². The minimum Gasteiger partial charge on any atom is -0.399 e. The number of nitrogens with one attached hydrogen (secondary N) is 3. The summed E-state index contributed by atoms with van der Waals surface area (Å²) < 4.78 is 0. The first kappa shape index (κ1) is 28.4. The van der Waals surface area contributed by atoms with Crippen molar-refractivity contribution in [2.75, 3.05) is 27.4 Å². The van der Waals surface area contributed by atoms with Crippen molar-refractivity contribution in [1.82, 2.24) is 0 Å². The molecule has 6 aromatic rings. The van der Waals surface area contributed by atoms with E-state index in [1.54, 1.807) is 0 Å². The molecule has 0 amide bonds. The fourth-order valence-corrected chi connectivity index (χ4v) is 5.11. The molecule has 0 aliphatic rings. The molecule has 0 atom stereocenters. The lowest BCUT2D eigenvalue weighted by Gasteiger charge is -2.13. The lowest BCUT2D eigenvalue weighted by Crippen LogP contribution is -1.99. The zero-order valence-electron chi connectivity index (χ0n) is 24.8. The third kappa shape index (κ3) is 7.58. The minimum absolute atomic E-state index is 0.759. The van der Waals surface area contributed by atoms with E-state index in [1.165, 1.54) is 22.3 Å². The second kappa shape index (κ2) is 13.1. The van der Waals surface area contributed by atoms with Gasteiger partial charge in [-0.15, -0.1) is 0 Å². The summed E-state index contributed by atoms with van der Waals surface area (Å²) in [5.74, 6) is 0. The van der Waals surface area contributed by atoms with E-state index >= 15 is 0 Å². The number of hydrogen-bond donors (Lipinski definition) is 5. The maximum absolute atomic E-state index is 6.37. The van der Waals surface area contributed by atoms with Crippen molar-refractivity contribution in [2.45, 2.75) is 19.8 Å². The van der Waals surface area contributed by atoms with Crippen LogP contribution in [0.3, 0.4) is 0 Å². The standard InChI is InChI=1S/C39H37N5/c1-27-2-12-33(13-3-27)42-35-18-8-30(9-19-35)25-31-26-38(22-23-39(31)41)44-36-16-6-29(7-17-36)24-28-4-14-34(15-5-28)43-37-20-10-32(40)11-21-37/h2-23,26,42-44H,24-25,40-41H2,1H3. The molecule has 0 aliphatic carbocycles. The van der Waals surface area contributed by atoms with Crippen LogP contribution < -0.4 is 27.4 Å². The van der Waals surface area contributed by atoms with Crippen LogP contribution in [0.5, 0.6) is 0 Å². The molecular weight excluding hydrogens is 538 g/mol. The molecule has 0 saturated heterocycles. The van der Waals surface area contributed by atoms with Crippen LogP contribution in [-0.2, 0) is 12.8 Å². The van der Waals surface area contributed by atoms with Gasteiger partial charge in [0.1, 0.15) is 0 Å². The summed E-state index contributed by atoms with van der Waals surface area (Å²) >= 11 is 0. The first-order chi connectivity index (χ1) is 21.4. The summed E-state index contributed by atoms with van der Waals surface area (Å²) in [7, 11) is 0. The Morgan fingerprint density at radius 1 is 0.409 bits per heavy atom. The van der Waals surface area contributed by atoms with E-state index in [9.17, 15) is 0 Å². The predicted molar refractivity (Wildman–Crippen MR) is 188 cm³/mol. The molecule has 218 valence electrons. The quantitative estimate of drug-likeness (QED) is 0.105. The van der Waals surface area contributed by atoms with Crippen molar-refractivity contribution in [3.05, 3.63) is 167 Å². The molecule has 6 rings (SSSR count). The molecule has 5 nitrogen and oxygen atoms in total. The molecule has 0 bridgehead atoms. The fraction of sp³-hybridized carbons (Fsp3) is 0.0769. The van der Waals surface area contributed by atoms with E-state index < -0.39 is 0 Å². The van der Waals surface area contributed by atoms with Gasteiger partial charge in [0.05, 0.1) is 0 Å². The number of hydrogen-bond acceptors (Lipinski definition) is 5. The highest BCUT2D eigenvalue weighted by Gasteiger charge is 2.06. The zero-order chi connectivity index (χ0) is 30.3. The molecule has 0 fully saturated rings. The van der Waals surface area contributed by atoms with Crippen molar-refractivity contribution in [3.8, 4) is 0 Å². The summed E-state index contributed by atoms with van der Waals surface area (Å²) in [5.41, 5.74) is 26.1. The Labute approximate surface area is 259 Å². The molecule has 44 heavy (non-hydrogen) atoms. The van der Waals surface area contributed by atoms with E-state index in [-0.39, 0.29) is 0 Å². The maximum Gasteiger partial charge on any atom is 0.0388 e. The first-order valence-corrected chi connectivity index (χ1v) is 14.8. The molecule has 7 N–H and O–H groups in total. The van der Waals surface area contributed by atoms with Gasteiger partial charge in [-0.05, 0) is 133 Å². The largest absolute Gasteiger partial charge is 0.399 e. The normalized spacial score (nSPS) is 10.8. The number of nitrogens with two attached hydrogens (primary N) is 2. The van der Waals surface area contributed by atoms with E-state index in [1.807, 2.05) is 36.4 Å². The average molecular weight is 576 g/mol. The van der Waals surface area contributed by atoms with Crippen molar-refractivity contribution in [1.29, 1.82) is 0 Å². The molecule has 0 heterocycles. The molecule has 0 unspecified atom stereocenters. The lowest BCUT2D eigenvalue weighted by atomic mass is 10.0. The smallest absolute Gasteiger partial charge is 0.0388 e. The van der Waals surface area contributed by atoms with Crippen molar-refractivity contribution < 1.29 is 0 Å². The fourth-order valence-electron chi connectivity index (χ4n) is 5.11. The van der Waals surface area contributed by atoms with Gasteiger partial charge in [0.2, 0.25) is 0 Å². The van der Waals surface area contributed by atoms with Gasteiger partial charge in [0.25, 0.3) is 0 Å². The topological polar surface area (TPSA) is 88.1 Å². The van der Waals surface area contributed by atoms with Crippen molar-refractivity contribution in [3.63, 3.8) is 0 Å². The van der Waals surface area contributed by atoms with Crippen LogP contribution in [0.1, 0.15) is 27.8 Å². The zero-order valence-corrected chi connectivity index (χ0v) is 24.8. The first-order valence-electron chi connectivity index (χ1n) is 14.8. The highest BCUT2D eigenvalue weighted by molar-refractivity contribution is 5.66. The average Bonchev–Trinajstić information content (AvgIpc) is 3.04. The number of nitrogen functional groups attached to an aromatic ring is 2. The van der Waals surface area contributed by atoms with Crippen LogP contribution in [-0.4, -0.2) is 0 Å². The Morgan fingerprint density at radius 3 is 1.25 bits per heavy atom. The van der Waals surface area contributed by atoms with E-state index in [2.05, 4.69) is 126 Å². The molecule has 0 aliphatic heterocycles. The Balaban J connectivity index is 1.04. The number of benzene rings is 6. The third-order valence-electron chi connectivity index (χ3n) is 7.64. The van der Waals surface area contributed by atoms with Crippen LogP contribution in [0.15, 0.2) is 140 Å². The van der Waals surface area contributed by atoms with Gasteiger partial charge in [-0.3, -0.25) is 0 Å². The van der Waals surface area contributed by atoms with Gasteiger partial charge in [-0.25, -0.2) is 0 Å². The number of anilines is 8. The summed E-state index contributed by atoms with van der Waals surface area (Å²) in [6.07, 6.45) is 1.63. The van der Waals surface area contributed by atoms with Gasteiger partial charge in [0.15, 0.2) is 0 Å². The third-order valence-corrected chi connectivity index (χ3v) is 7.64. The molecule has 0 spiro atoms.